The third-order valence-electron chi connectivity index (χ3n) is 5.18. The molecule has 1 saturated heterocycles. The van der Waals surface area contributed by atoms with Gasteiger partial charge in [-0.1, -0.05) is 17.3 Å². The SMILES string of the molecule is CN(Cc1noc2ccccc12)C1CCN(C(=O)c2cncc(Br)c2)CC1. The Bertz CT molecular complexity index is 950. The zero-order chi connectivity index (χ0) is 18.8. The van der Waals surface area contributed by atoms with Crippen molar-refractivity contribution >= 4 is 32.8 Å². The van der Waals surface area contributed by atoms with Gasteiger partial charge in [-0.05, 0) is 54.0 Å². The van der Waals surface area contributed by atoms with Gasteiger partial charge >= 0.3 is 0 Å². The number of para-hydroxylation sites is 1. The molecule has 0 N–H and O–H groups in total. The molecule has 3 aromatic rings. The second-order valence-electron chi connectivity index (χ2n) is 6.96. The van der Waals surface area contributed by atoms with Gasteiger partial charge in [-0.3, -0.25) is 14.7 Å². The lowest BCUT2D eigenvalue weighted by Crippen LogP contribution is -2.45. The lowest BCUT2D eigenvalue weighted by atomic mass is 10.0. The van der Waals surface area contributed by atoms with Gasteiger partial charge in [0.05, 0.1) is 5.56 Å². The number of benzene rings is 1. The number of carbonyl (C=O) groups excluding carboxylic acids is 1. The molecule has 0 unspecified atom stereocenters. The van der Waals surface area contributed by atoms with E-state index in [0.717, 1.165) is 53.6 Å². The summed E-state index contributed by atoms with van der Waals surface area (Å²) in [5, 5.41) is 5.30. The minimum absolute atomic E-state index is 0.0485. The average Bonchev–Trinajstić information content (AvgIpc) is 3.10. The second-order valence-corrected chi connectivity index (χ2v) is 7.87. The molecule has 1 aliphatic rings. The Labute approximate surface area is 166 Å². The summed E-state index contributed by atoms with van der Waals surface area (Å²) in [4.78, 5) is 21.0. The highest BCUT2D eigenvalue weighted by molar-refractivity contribution is 9.10. The van der Waals surface area contributed by atoms with E-state index in [-0.39, 0.29) is 5.91 Å². The Morgan fingerprint density at radius 3 is 2.85 bits per heavy atom. The summed E-state index contributed by atoms with van der Waals surface area (Å²) in [5.41, 5.74) is 2.42. The molecule has 0 atom stereocenters. The molecule has 7 heteroatoms. The summed E-state index contributed by atoms with van der Waals surface area (Å²) in [5.74, 6) is 0.0485. The molecule has 27 heavy (non-hydrogen) atoms. The zero-order valence-electron chi connectivity index (χ0n) is 15.1. The summed E-state index contributed by atoms with van der Waals surface area (Å²) < 4.78 is 6.23. The van der Waals surface area contributed by atoms with Crippen LogP contribution >= 0.6 is 15.9 Å². The van der Waals surface area contributed by atoms with E-state index >= 15 is 0 Å². The molecule has 0 saturated carbocycles. The van der Waals surface area contributed by atoms with Crippen LogP contribution in [0.25, 0.3) is 11.0 Å². The number of fused-ring (bicyclic) bond motifs is 1. The largest absolute Gasteiger partial charge is 0.356 e. The van der Waals surface area contributed by atoms with Gasteiger partial charge in [0, 0.05) is 47.9 Å². The Morgan fingerprint density at radius 1 is 1.30 bits per heavy atom. The zero-order valence-corrected chi connectivity index (χ0v) is 16.7. The molecule has 0 aliphatic carbocycles. The van der Waals surface area contributed by atoms with E-state index < -0.39 is 0 Å². The van der Waals surface area contributed by atoms with Crippen LogP contribution in [0.1, 0.15) is 28.9 Å². The number of hydrogen-bond donors (Lipinski definition) is 0. The van der Waals surface area contributed by atoms with Crippen LogP contribution in [0.3, 0.4) is 0 Å². The number of aromatic nitrogens is 2. The number of hydrogen-bond acceptors (Lipinski definition) is 5. The Hall–Kier alpha value is -2.25. The molecule has 3 heterocycles. The maximum Gasteiger partial charge on any atom is 0.255 e. The molecule has 4 rings (SSSR count). The van der Waals surface area contributed by atoms with Crippen molar-refractivity contribution in [1.29, 1.82) is 0 Å². The van der Waals surface area contributed by atoms with E-state index in [0.29, 0.717) is 11.6 Å². The minimum atomic E-state index is 0.0485. The van der Waals surface area contributed by atoms with Crippen LogP contribution in [0, 0.1) is 0 Å². The standard InChI is InChI=1S/C20H21BrN4O2/c1-24(13-18-17-4-2-3-5-19(17)27-23-18)16-6-8-25(9-7-16)20(26)14-10-15(21)12-22-11-14/h2-5,10-12,16H,6-9,13H2,1H3. The maximum atomic E-state index is 12.7. The van der Waals surface area contributed by atoms with Crippen molar-refractivity contribution in [2.45, 2.75) is 25.4 Å². The van der Waals surface area contributed by atoms with E-state index in [4.69, 9.17) is 4.52 Å². The molecular weight excluding hydrogens is 408 g/mol. The first-order chi connectivity index (χ1) is 13.1. The van der Waals surface area contributed by atoms with Crippen LogP contribution in [0.2, 0.25) is 0 Å². The highest BCUT2D eigenvalue weighted by Gasteiger charge is 2.26. The molecule has 1 aromatic carbocycles. The highest BCUT2D eigenvalue weighted by Crippen LogP contribution is 2.23. The average molecular weight is 429 g/mol. The third-order valence-corrected chi connectivity index (χ3v) is 5.61. The van der Waals surface area contributed by atoms with Crippen LogP contribution in [0.5, 0.6) is 0 Å². The van der Waals surface area contributed by atoms with Crippen molar-refractivity contribution in [2.75, 3.05) is 20.1 Å². The number of nitrogens with zero attached hydrogens (tertiary/aromatic N) is 4. The van der Waals surface area contributed by atoms with E-state index in [9.17, 15) is 4.79 Å². The summed E-state index contributed by atoms with van der Waals surface area (Å²) in [6.07, 6.45) is 5.20. The first-order valence-corrected chi connectivity index (χ1v) is 9.84. The van der Waals surface area contributed by atoms with Gasteiger partial charge in [0.25, 0.3) is 5.91 Å². The Balaban J connectivity index is 1.36. The number of likely N-dealkylation sites (tertiary alicyclic amines) is 1. The number of rotatable bonds is 4. The van der Waals surface area contributed by atoms with Gasteiger partial charge in [-0.2, -0.15) is 0 Å². The number of piperidine rings is 1. The molecule has 140 valence electrons. The number of halogens is 1. The van der Waals surface area contributed by atoms with E-state index in [2.05, 4.69) is 38.0 Å². The summed E-state index contributed by atoms with van der Waals surface area (Å²) >= 11 is 3.37. The first-order valence-electron chi connectivity index (χ1n) is 9.05. The molecule has 0 radical (unpaired) electrons. The van der Waals surface area contributed by atoms with Gasteiger partial charge in [0.2, 0.25) is 0 Å². The van der Waals surface area contributed by atoms with Crippen LogP contribution in [-0.4, -0.2) is 52.0 Å². The van der Waals surface area contributed by atoms with Crippen LogP contribution < -0.4 is 0 Å². The summed E-state index contributed by atoms with van der Waals surface area (Å²) in [6.45, 7) is 2.24. The van der Waals surface area contributed by atoms with Crippen molar-refractivity contribution in [1.82, 2.24) is 19.9 Å². The topological polar surface area (TPSA) is 62.5 Å². The quantitative estimate of drug-likeness (QED) is 0.633. The van der Waals surface area contributed by atoms with Crippen molar-refractivity contribution in [3.63, 3.8) is 0 Å². The summed E-state index contributed by atoms with van der Waals surface area (Å²) in [7, 11) is 2.11. The fourth-order valence-corrected chi connectivity index (χ4v) is 4.00. The normalized spacial score (nSPS) is 15.6. The van der Waals surface area contributed by atoms with Crippen molar-refractivity contribution in [2.24, 2.45) is 0 Å². The van der Waals surface area contributed by atoms with Crippen molar-refractivity contribution in [3.8, 4) is 0 Å². The molecule has 6 nitrogen and oxygen atoms in total. The molecule has 1 amide bonds. The van der Waals surface area contributed by atoms with Crippen molar-refractivity contribution < 1.29 is 9.32 Å². The fourth-order valence-electron chi connectivity index (χ4n) is 3.64. The van der Waals surface area contributed by atoms with Gasteiger partial charge in [0.1, 0.15) is 5.69 Å². The molecule has 1 aliphatic heterocycles. The van der Waals surface area contributed by atoms with Gasteiger partial charge < -0.3 is 9.42 Å². The van der Waals surface area contributed by atoms with E-state index in [1.165, 1.54) is 0 Å². The predicted octanol–water partition coefficient (Wildman–Crippen LogP) is 3.72. The van der Waals surface area contributed by atoms with Gasteiger partial charge in [-0.25, -0.2) is 0 Å². The van der Waals surface area contributed by atoms with Gasteiger partial charge in [0.15, 0.2) is 5.58 Å². The molecule has 0 bridgehead atoms. The first kappa shape index (κ1) is 18.1. The van der Waals surface area contributed by atoms with E-state index in [1.807, 2.05) is 35.2 Å². The van der Waals surface area contributed by atoms with E-state index in [1.54, 1.807) is 12.4 Å². The van der Waals surface area contributed by atoms with Crippen LogP contribution in [0.15, 0.2) is 51.7 Å². The highest BCUT2D eigenvalue weighted by atomic mass is 79.9. The monoisotopic (exact) mass is 428 g/mol. The lowest BCUT2D eigenvalue weighted by Gasteiger charge is -2.36. The molecule has 1 fully saturated rings. The molecular formula is C20H21BrN4O2. The number of carbonyl (C=O) groups is 1. The smallest absolute Gasteiger partial charge is 0.255 e. The number of amides is 1. The molecule has 0 spiro atoms. The Morgan fingerprint density at radius 2 is 2.07 bits per heavy atom. The number of pyridine rings is 1. The van der Waals surface area contributed by atoms with Crippen molar-refractivity contribution in [3.05, 3.63) is 58.5 Å². The molecule has 2 aromatic heterocycles. The van der Waals surface area contributed by atoms with Crippen LogP contribution in [0.4, 0.5) is 0 Å². The Kier molecular flexibility index (Phi) is 5.22. The minimum Gasteiger partial charge on any atom is -0.356 e. The fraction of sp³-hybridized carbons (Fsp3) is 0.350. The predicted molar refractivity (Wildman–Crippen MR) is 106 cm³/mol. The second kappa shape index (κ2) is 7.78. The van der Waals surface area contributed by atoms with Crippen LogP contribution in [-0.2, 0) is 6.54 Å². The maximum absolute atomic E-state index is 12.7. The summed E-state index contributed by atoms with van der Waals surface area (Å²) in [6, 6.07) is 10.2. The lowest BCUT2D eigenvalue weighted by molar-refractivity contribution is 0.0637. The third kappa shape index (κ3) is 3.89. The van der Waals surface area contributed by atoms with Gasteiger partial charge in [-0.15, -0.1) is 0 Å².